The highest BCUT2D eigenvalue weighted by molar-refractivity contribution is 5.78. The van der Waals surface area contributed by atoms with Crippen molar-refractivity contribution in [1.29, 1.82) is 0 Å². The first-order valence-electron chi connectivity index (χ1n) is 8.69. The van der Waals surface area contributed by atoms with Gasteiger partial charge in [0, 0.05) is 50.7 Å². The highest BCUT2D eigenvalue weighted by Crippen LogP contribution is 2.14. The fourth-order valence-corrected chi connectivity index (χ4v) is 3.44. The average Bonchev–Trinajstić information content (AvgIpc) is 2.94. The topological polar surface area (TPSA) is 52.6 Å². The number of nitrogens with zero attached hydrogens (tertiary/aromatic N) is 5. The number of carbonyl (C=O) groups excluding carboxylic acids is 1. The Bertz CT molecular complexity index is 536. The Morgan fingerprint density at radius 2 is 1.65 bits per heavy atom. The van der Waals surface area contributed by atoms with E-state index >= 15 is 0 Å². The smallest absolute Gasteiger partial charge is 0.236 e. The molecule has 0 spiro atoms. The predicted molar refractivity (Wildman–Crippen MR) is 90.6 cm³/mol. The Balaban J connectivity index is 1.57. The van der Waals surface area contributed by atoms with Gasteiger partial charge in [-0.2, -0.15) is 0 Å². The van der Waals surface area contributed by atoms with E-state index in [1.54, 1.807) is 0 Å². The summed E-state index contributed by atoms with van der Waals surface area (Å²) in [5.41, 5.74) is 2.02. The lowest BCUT2D eigenvalue weighted by atomic mass is 10.3. The number of likely N-dealkylation sites (tertiary alicyclic amines) is 1. The number of aryl methyl sites for hydroxylation is 2. The molecule has 1 aromatic heterocycles. The number of carbonyl (C=O) groups is 1. The molecule has 3 heterocycles. The highest BCUT2D eigenvalue weighted by atomic mass is 16.2. The molecule has 3 rings (SSSR count). The van der Waals surface area contributed by atoms with Crippen molar-refractivity contribution in [3.8, 4) is 0 Å². The van der Waals surface area contributed by atoms with E-state index in [-0.39, 0.29) is 0 Å². The zero-order chi connectivity index (χ0) is 16.2. The molecular formula is C17H27N5O. The third-order valence-electron chi connectivity index (χ3n) is 4.66. The second-order valence-electron chi connectivity index (χ2n) is 6.66. The van der Waals surface area contributed by atoms with E-state index in [1.165, 1.54) is 0 Å². The summed E-state index contributed by atoms with van der Waals surface area (Å²) in [5, 5.41) is 0. The minimum absolute atomic E-state index is 0.290. The van der Waals surface area contributed by atoms with Crippen molar-refractivity contribution in [1.82, 2.24) is 19.8 Å². The van der Waals surface area contributed by atoms with Crippen molar-refractivity contribution >= 4 is 11.9 Å². The van der Waals surface area contributed by atoms with Gasteiger partial charge in [0.2, 0.25) is 11.9 Å². The largest absolute Gasteiger partial charge is 0.342 e. The highest BCUT2D eigenvalue weighted by Gasteiger charge is 2.23. The van der Waals surface area contributed by atoms with Gasteiger partial charge in [0.1, 0.15) is 0 Å². The van der Waals surface area contributed by atoms with Gasteiger partial charge >= 0.3 is 0 Å². The Kier molecular flexibility index (Phi) is 5.10. The van der Waals surface area contributed by atoms with Gasteiger partial charge in [-0.15, -0.1) is 0 Å². The molecule has 126 valence electrons. The normalized spacial score (nSPS) is 19.9. The maximum absolute atomic E-state index is 12.3. The molecule has 0 N–H and O–H groups in total. The Morgan fingerprint density at radius 1 is 0.957 bits per heavy atom. The van der Waals surface area contributed by atoms with Gasteiger partial charge < -0.3 is 9.80 Å². The summed E-state index contributed by atoms with van der Waals surface area (Å²) in [5.74, 6) is 1.12. The van der Waals surface area contributed by atoms with Crippen molar-refractivity contribution in [3.63, 3.8) is 0 Å². The molecular weight excluding hydrogens is 290 g/mol. The molecule has 0 unspecified atom stereocenters. The average molecular weight is 317 g/mol. The molecule has 23 heavy (non-hydrogen) atoms. The molecule has 2 aliphatic heterocycles. The summed E-state index contributed by atoms with van der Waals surface area (Å²) in [6, 6.07) is 2.00. The summed E-state index contributed by atoms with van der Waals surface area (Å²) in [6.45, 7) is 10.2. The second-order valence-corrected chi connectivity index (χ2v) is 6.66. The molecule has 6 nitrogen and oxygen atoms in total. The van der Waals surface area contributed by atoms with Crippen molar-refractivity contribution in [3.05, 3.63) is 17.5 Å². The number of hydrogen-bond acceptors (Lipinski definition) is 5. The van der Waals surface area contributed by atoms with Gasteiger partial charge in [-0.3, -0.25) is 9.69 Å². The third-order valence-corrected chi connectivity index (χ3v) is 4.66. The SMILES string of the molecule is Cc1cc(C)nc(N2CCCN(CC(=O)N3CCCC3)CC2)n1. The number of anilines is 1. The standard InChI is InChI=1S/C17H27N5O/c1-14-12-15(2)19-17(18-14)22-9-5-6-20(10-11-22)13-16(23)21-7-3-4-8-21/h12H,3-11,13H2,1-2H3. The van der Waals surface area contributed by atoms with Gasteiger partial charge in [0.25, 0.3) is 0 Å². The lowest BCUT2D eigenvalue weighted by molar-refractivity contribution is -0.131. The van der Waals surface area contributed by atoms with E-state index in [2.05, 4.69) is 19.8 Å². The van der Waals surface area contributed by atoms with Crippen LogP contribution >= 0.6 is 0 Å². The summed E-state index contributed by atoms with van der Waals surface area (Å²) in [6.07, 6.45) is 3.36. The maximum Gasteiger partial charge on any atom is 0.236 e. The van der Waals surface area contributed by atoms with Gasteiger partial charge in [-0.1, -0.05) is 0 Å². The first-order chi connectivity index (χ1) is 11.1. The van der Waals surface area contributed by atoms with Crippen LogP contribution in [0.15, 0.2) is 6.07 Å². The molecule has 6 heteroatoms. The fourth-order valence-electron chi connectivity index (χ4n) is 3.44. The first-order valence-corrected chi connectivity index (χ1v) is 8.69. The van der Waals surface area contributed by atoms with Gasteiger partial charge in [0.15, 0.2) is 0 Å². The zero-order valence-electron chi connectivity index (χ0n) is 14.3. The van der Waals surface area contributed by atoms with Crippen LogP contribution in [0.25, 0.3) is 0 Å². The molecule has 0 aliphatic carbocycles. The van der Waals surface area contributed by atoms with Crippen LogP contribution in [0.4, 0.5) is 5.95 Å². The molecule has 0 bridgehead atoms. The molecule has 0 aromatic carbocycles. The maximum atomic E-state index is 12.3. The van der Waals surface area contributed by atoms with Crippen molar-refractivity contribution < 1.29 is 4.79 Å². The quantitative estimate of drug-likeness (QED) is 0.839. The van der Waals surface area contributed by atoms with Crippen LogP contribution in [-0.4, -0.2) is 71.5 Å². The number of amides is 1. The van der Waals surface area contributed by atoms with Crippen LogP contribution in [0, 0.1) is 13.8 Å². The lowest BCUT2D eigenvalue weighted by Crippen LogP contribution is -2.40. The summed E-state index contributed by atoms with van der Waals surface area (Å²) < 4.78 is 0. The van der Waals surface area contributed by atoms with Crippen LogP contribution in [0.5, 0.6) is 0 Å². The van der Waals surface area contributed by atoms with Crippen LogP contribution in [0.2, 0.25) is 0 Å². The number of hydrogen-bond donors (Lipinski definition) is 0. The molecule has 0 saturated carbocycles. The fraction of sp³-hybridized carbons (Fsp3) is 0.706. The van der Waals surface area contributed by atoms with Crippen LogP contribution in [0.1, 0.15) is 30.7 Å². The summed E-state index contributed by atoms with van der Waals surface area (Å²) >= 11 is 0. The Labute approximate surface area is 138 Å². The van der Waals surface area contributed by atoms with Gasteiger partial charge in [-0.05, 0) is 39.2 Å². The third kappa shape index (κ3) is 4.19. The Hall–Kier alpha value is -1.69. The van der Waals surface area contributed by atoms with Crippen LogP contribution in [0.3, 0.4) is 0 Å². The van der Waals surface area contributed by atoms with E-state index < -0.39 is 0 Å². The van der Waals surface area contributed by atoms with Crippen LogP contribution in [-0.2, 0) is 4.79 Å². The molecule has 2 fully saturated rings. The minimum Gasteiger partial charge on any atom is -0.342 e. The van der Waals surface area contributed by atoms with E-state index in [4.69, 9.17) is 0 Å². The molecule has 0 atom stereocenters. The molecule has 1 amide bonds. The summed E-state index contributed by atoms with van der Waals surface area (Å²) in [7, 11) is 0. The minimum atomic E-state index is 0.290. The van der Waals surface area contributed by atoms with Gasteiger partial charge in [-0.25, -0.2) is 9.97 Å². The number of rotatable bonds is 3. The lowest BCUT2D eigenvalue weighted by Gasteiger charge is -2.24. The van der Waals surface area contributed by atoms with Gasteiger partial charge in [0.05, 0.1) is 6.54 Å². The molecule has 0 radical (unpaired) electrons. The summed E-state index contributed by atoms with van der Waals surface area (Å²) in [4.78, 5) is 28.0. The van der Waals surface area contributed by atoms with E-state index in [9.17, 15) is 4.79 Å². The Morgan fingerprint density at radius 3 is 2.35 bits per heavy atom. The molecule has 2 aliphatic rings. The number of aromatic nitrogens is 2. The van der Waals surface area contributed by atoms with Crippen molar-refractivity contribution in [2.75, 3.05) is 50.7 Å². The second kappa shape index (κ2) is 7.25. The van der Waals surface area contributed by atoms with E-state index in [1.807, 2.05) is 24.8 Å². The predicted octanol–water partition coefficient (Wildman–Crippen LogP) is 1.23. The van der Waals surface area contributed by atoms with Crippen molar-refractivity contribution in [2.24, 2.45) is 0 Å². The van der Waals surface area contributed by atoms with E-state index in [0.717, 1.165) is 75.9 Å². The monoisotopic (exact) mass is 317 g/mol. The van der Waals surface area contributed by atoms with Crippen molar-refractivity contribution in [2.45, 2.75) is 33.1 Å². The molecule has 1 aromatic rings. The first kappa shape index (κ1) is 16.2. The molecule has 2 saturated heterocycles. The van der Waals surface area contributed by atoms with E-state index in [0.29, 0.717) is 12.5 Å². The zero-order valence-corrected chi connectivity index (χ0v) is 14.3. The van der Waals surface area contributed by atoms with Crippen LogP contribution < -0.4 is 4.90 Å².